The molecule has 1 aliphatic heterocycles. The molecule has 0 aromatic carbocycles. The average molecular weight is 293 g/mol. The molecule has 0 bridgehead atoms. The molecule has 0 radical (unpaired) electrons. The molecule has 2 atom stereocenters. The third-order valence-electron chi connectivity index (χ3n) is 3.59. The van der Waals surface area contributed by atoms with Crippen molar-refractivity contribution in [3.05, 3.63) is 28.6 Å². The van der Waals surface area contributed by atoms with Crippen LogP contribution in [-0.4, -0.2) is 21.7 Å². The molecule has 2 fully saturated rings. The molecule has 1 aromatic rings. The highest BCUT2D eigenvalue weighted by Crippen LogP contribution is 2.47. The second-order valence-corrected chi connectivity index (χ2v) is 6.66. The molecule has 5 heteroatoms. The lowest BCUT2D eigenvalue weighted by molar-refractivity contribution is -0.121. The summed E-state index contributed by atoms with van der Waals surface area (Å²) in [6.45, 7) is 4.76. The van der Waals surface area contributed by atoms with Crippen LogP contribution in [0.5, 0.6) is 0 Å². The number of rotatable bonds is 3. The quantitative estimate of drug-likeness (QED) is 0.629. The summed E-state index contributed by atoms with van der Waals surface area (Å²) >= 11 is 6.52. The second kappa shape index (κ2) is 4.80. The predicted octanol–water partition coefficient (Wildman–Crippen LogP) is 3.62. The summed E-state index contributed by atoms with van der Waals surface area (Å²) in [4.78, 5) is 14.3. The Morgan fingerprint density at radius 2 is 2.32 bits per heavy atom. The van der Waals surface area contributed by atoms with Crippen LogP contribution in [0.25, 0.3) is 6.08 Å². The minimum absolute atomic E-state index is 0.0183. The van der Waals surface area contributed by atoms with E-state index in [1.54, 1.807) is 11.0 Å². The van der Waals surface area contributed by atoms with Crippen LogP contribution in [0.2, 0.25) is 0 Å². The van der Waals surface area contributed by atoms with Gasteiger partial charge in [-0.15, -0.1) is 0 Å². The zero-order valence-electron chi connectivity index (χ0n) is 10.9. The van der Waals surface area contributed by atoms with Crippen molar-refractivity contribution in [3.63, 3.8) is 0 Å². The fourth-order valence-electron chi connectivity index (χ4n) is 2.27. The minimum atomic E-state index is -0.0183. The first-order valence-corrected chi connectivity index (χ1v) is 7.67. The van der Waals surface area contributed by atoms with Gasteiger partial charge in [0.2, 0.25) is 0 Å². The van der Waals surface area contributed by atoms with Gasteiger partial charge in [-0.25, -0.2) is 0 Å². The highest BCUT2D eigenvalue weighted by atomic mass is 32.2. The number of amides is 1. The number of carbonyl (C=O) groups excluding carboxylic acids is 1. The van der Waals surface area contributed by atoms with Crippen LogP contribution in [-0.2, 0) is 4.79 Å². The standard InChI is InChI=1S/C14H15NO2S2/c1-3-15-13(16)12(19-14(15)18)7-9-4-5-11(17-9)10-6-8(10)2/h4-5,7-8,10H,3,6H2,1-2H3/b12-7+/t8-,10+/m0/s1. The predicted molar refractivity (Wildman–Crippen MR) is 80.8 cm³/mol. The van der Waals surface area contributed by atoms with Crippen molar-refractivity contribution in [1.82, 2.24) is 4.90 Å². The van der Waals surface area contributed by atoms with Gasteiger partial charge in [0, 0.05) is 18.5 Å². The Kier molecular flexibility index (Phi) is 3.27. The topological polar surface area (TPSA) is 33.5 Å². The van der Waals surface area contributed by atoms with Gasteiger partial charge in [0.1, 0.15) is 15.8 Å². The van der Waals surface area contributed by atoms with E-state index in [9.17, 15) is 4.79 Å². The van der Waals surface area contributed by atoms with E-state index >= 15 is 0 Å². The zero-order valence-corrected chi connectivity index (χ0v) is 12.5. The van der Waals surface area contributed by atoms with Gasteiger partial charge in [-0.2, -0.15) is 0 Å². The van der Waals surface area contributed by atoms with Crippen molar-refractivity contribution in [2.45, 2.75) is 26.2 Å². The van der Waals surface area contributed by atoms with Crippen molar-refractivity contribution < 1.29 is 9.21 Å². The summed E-state index contributed by atoms with van der Waals surface area (Å²) in [5, 5.41) is 0. The fourth-order valence-corrected chi connectivity index (χ4v) is 3.63. The molecule has 19 heavy (non-hydrogen) atoms. The summed E-state index contributed by atoms with van der Waals surface area (Å²) in [6, 6.07) is 3.94. The van der Waals surface area contributed by atoms with Crippen LogP contribution in [0.15, 0.2) is 21.5 Å². The van der Waals surface area contributed by atoms with Gasteiger partial charge in [0.15, 0.2) is 0 Å². The molecule has 3 rings (SSSR count). The Morgan fingerprint density at radius 1 is 1.58 bits per heavy atom. The fraction of sp³-hybridized carbons (Fsp3) is 0.429. The van der Waals surface area contributed by atoms with Crippen molar-refractivity contribution in [2.24, 2.45) is 5.92 Å². The highest BCUT2D eigenvalue weighted by Gasteiger charge is 2.36. The summed E-state index contributed by atoms with van der Waals surface area (Å²) in [5.74, 6) is 3.04. The maximum absolute atomic E-state index is 12.1. The van der Waals surface area contributed by atoms with E-state index in [1.165, 1.54) is 18.2 Å². The molecule has 1 aromatic heterocycles. The van der Waals surface area contributed by atoms with Crippen molar-refractivity contribution in [2.75, 3.05) is 6.54 Å². The molecular formula is C14H15NO2S2. The number of hydrogen-bond acceptors (Lipinski definition) is 4. The van der Waals surface area contributed by atoms with Crippen molar-refractivity contribution >= 4 is 40.3 Å². The maximum atomic E-state index is 12.1. The zero-order chi connectivity index (χ0) is 13.6. The van der Waals surface area contributed by atoms with E-state index in [4.69, 9.17) is 16.6 Å². The summed E-state index contributed by atoms with van der Waals surface area (Å²) in [7, 11) is 0. The van der Waals surface area contributed by atoms with Gasteiger partial charge in [-0.05, 0) is 31.4 Å². The Hall–Kier alpha value is -1.07. The van der Waals surface area contributed by atoms with E-state index in [-0.39, 0.29) is 5.91 Å². The lowest BCUT2D eigenvalue weighted by Gasteiger charge is -2.09. The average Bonchev–Trinajstić information content (AvgIpc) is 2.83. The molecule has 0 spiro atoms. The highest BCUT2D eigenvalue weighted by molar-refractivity contribution is 8.26. The molecule has 3 nitrogen and oxygen atoms in total. The van der Waals surface area contributed by atoms with E-state index in [0.29, 0.717) is 21.7 Å². The first-order chi connectivity index (χ1) is 9.10. The number of carbonyl (C=O) groups is 1. The smallest absolute Gasteiger partial charge is 0.266 e. The van der Waals surface area contributed by atoms with Gasteiger partial charge in [-0.3, -0.25) is 9.69 Å². The van der Waals surface area contributed by atoms with Crippen LogP contribution < -0.4 is 0 Å². The molecule has 100 valence electrons. The van der Waals surface area contributed by atoms with Crippen LogP contribution in [0, 0.1) is 5.92 Å². The van der Waals surface area contributed by atoms with E-state index in [1.807, 2.05) is 19.1 Å². The Bertz CT molecular complexity index is 576. The molecule has 1 aliphatic carbocycles. The van der Waals surface area contributed by atoms with Gasteiger partial charge in [0.05, 0.1) is 4.91 Å². The Morgan fingerprint density at radius 3 is 2.89 bits per heavy atom. The second-order valence-electron chi connectivity index (χ2n) is 4.99. The lowest BCUT2D eigenvalue weighted by atomic mass is 10.3. The molecule has 2 aliphatic rings. The minimum Gasteiger partial charge on any atom is -0.461 e. The lowest BCUT2D eigenvalue weighted by Crippen LogP contribution is -2.27. The molecule has 0 unspecified atom stereocenters. The normalized spacial score (nSPS) is 28.5. The maximum Gasteiger partial charge on any atom is 0.266 e. The van der Waals surface area contributed by atoms with Crippen LogP contribution in [0.4, 0.5) is 0 Å². The van der Waals surface area contributed by atoms with Gasteiger partial charge >= 0.3 is 0 Å². The van der Waals surface area contributed by atoms with Crippen molar-refractivity contribution in [3.8, 4) is 0 Å². The largest absolute Gasteiger partial charge is 0.461 e. The van der Waals surface area contributed by atoms with Gasteiger partial charge in [-0.1, -0.05) is 30.9 Å². The van der Waals surface area contributed by atoms with Crippen LogP contribution in [0.1, 0.15) is 37.7 Å². The van der Waals surface area contributed by atoms with Gasteiger partial charge < -0.3 is 4.42 Å². The van der Waals surface area contributed by atoms with Crippen LogP contribution in [0.3, 0.4) is 0 Å². The van der Waals surface area contributed by atoms with E-state index in [0.717, 1.165) is 17.4 Å². The number of hydrogen-bond donors (Lipinski definition) is 0. The number of thioether (sulfide) groups is 1. The van der Waals surface area contributed by atoms with Gasteiger partial charge in [0.25, 0.3) is 5.91 Å². The third kappa shape index (κ3) is 2.37. The summed E-state index contributed by atoms with van der Waals surface area (Å²) < 4.78 is 6.41. The molecule has 2 heterocycles. The Balaban J connectivity index is 1.80. The molecule has 0 N–H and O–H groups in total. The Labute approximate surface area is 122 Å². The van der Waals surface area contributed by atoms with E-state index < -0.39 is 0 Å². The number of likely N-dealkylation sites (N-methyl/N-ethyl adjacent to an activating group) is 1. The summed E-state index contributed by atoms with van der Waals surface area (Å²) in [6.07, 6.45) is 3.00. The number of furan rings is 1. The van der Waals surface area contributed by atoms with E-state index in [2.05, 4.69) is 6.92 Å². The van der Waals surface area contributed by atoms with Crippen molar-refractivity contribution in [1.29, 1.82) is 0 Å². The first-order valence-electron chi connectivity index (χ1n) is 6.45. The molecule has 1 amide bonds. The monoisotopic (exact) mass is 293 g/mol. The number of thiocarbonyl (C=S) groups is 1. The SMILES string of the molecule is CCN1C(=O)/C(=C\c2ccc([C@@H]3C[C@@H]3C)o2)SC1=S. The number of nitrogens with zero attached hydrogens (tertiary/aromatic N) is 1. The summed E-state index contributed by atoms with van der Waals surface area (Å²) in [5.41, 5.74) is 0. The molecule has 1 saturated carbocycles. The van der Waals surface area contributed by atoms with Crippen LogP contribution >= 0.6 is 24.0 Å². The molecule has 1 saturated heterocycles. The molecular weight excluding hydrogens is 278 g/mol. The third-order valence-corrected chi connectivity index (χ3v) is 4.96. The first kappa shape index (κ1) is 12.9.